The molecule has 1 aromatic heterocycles. The molecule has 0 aliphatic carbocycles. The van der Waals surface area contributed by atoms with Gasteiger partial charge in [0.05, 0.1) is 0 Å². The minimum Gasteiger partial charge on any atom is -0.370 e. The van der Waals surface area contributed by atoms with Gasteiger partial charge in [-0.1, -0.05) is 20.8 Å². The average molecular weight is 262 g/mol. The van der Waals surface area contributed by atoms with E-state index in [1.165, 1.54) is 18.4 Å². The van der Waals surface area contributed by atoms with Crippen molar-refractivity contribution in [3.63, 3.8) is 0 Å². The number of hydrogen-bond donors (Lipinski definition) is 1. The summed E-state index contributed by atoms with van der Waals surface area (Å²) < 4.78 is 0. The summed E-state index contributed by atoms with van der Waals surface area (Å²) in [6.45, 7) is 11.0. The summed E-state index contributed by atoms with van der Waals surface area (Å²) in [7, 11) is 0. The Morgan fingerprint density at radius 1 is 1.42 bits per heavy atom. The first-order valence-electron chi connectivity index (χ1n) is 7.47. The SMILES string of the molecule is CCCNc1ncnc(N2CCCC2C(C)C)c1C. The number of rotatable bonds is 5. The maximum absolute atomic E-state index is 4.54. The molecule has 19 heavy (non-hydrogen) atoms. The van der Waals surface area contributed by atoms with Crippen LogP contribution in [-0.4, -0.2) is 29.1 Å². The van der Waals surface area contributed by atoms with Gasteiger partial charge in [0.25, 0.3) is 0 Å². The number of anilines is 2. The summed E-state index contributed by atoms with van der Waals surface area (Å²) in [6, 6.07) is 0.618. The molecule has 0 spiro atoms. The highest BCUT2D eigenvalue weighted by molar-refractivity contribution is 5.58. The molecular weight excluding hydrogens is 236 g/mol. The molecule has 1 aliphatic rings. The van der Waals surface area contributed by atoms with Crippen molar-refractivity contribution in [1.82, 2.24) is 9.97 Å². The summed E-state index contributed by atoms with van der Waals surface area (Å²) in [5.41, 5.74) is 1.18. The van der Waals surface area contributed by atoms with E-state index in [0.29, 0.717) is 12.0 Å². The minimum atomic E-state index is 0.618. The van der Waals surface area contributed by atoms with E-state index in [1.54, 1.807) is 6.33 Å². The van der Waals surface area contributed by atoms with E-state index in [1.807, 2.05) is 0 Å². The van der Waals surface area contributed by atoms with Crippen molar-refractivity contribution in [3.8, 4) is 0 Å². The minimum absolute atomic E-state index is 0.618. The summed E-state index contributed by atoms with van der Waals surface area (Å²) in [4.78, 5) is 11.4. The van der Waals surface area contributed by atoms with E-state index in [-0.39, 0.29) is 0 Å². The second kappa shape index (κ2) is 6.22. The third kappa shape index (κ3) is 2.99. The van der Waals surface area contributed by atoms with Gasteiger partial charge >= 0.3 is 0 Å². The Kier molecular flexibility index (Phi) is 4.61. The zero-order chi connectivity index (χ0) is 13.8. The number of aromatic nitrogens is 2. The Balaban J connectivity index is 2.24. The van der Waals surface area contributed by atoms with Gasteiger partial charge < -0.3 is 10.2 Å². The first-order chi connectivity index (χ1) is 9.15. The largest absolute Gasteiger partial charge is 0.370 e. The van der Waals surface area contributed by atoms with Crippen LogP contribution in [0.2, 0.25) is 0 Å². The highest BCUT2D eigenvalue weighted by Crippen LogP contribution is 2.31. The third-order valence-electron chi connectivity index (χ3n) is 3.94. The molecule has 1 atom stereocenters. The molecular formula is C15H26N4. The molecule has 1 aromatic rings. The van der Waals surface area contributed by atoms with E-state index >= 15 is 0 Å². The highest BCUT2D eigenvalue weighted by atomic mass is 15.2. The lowest BCUT2D eigenvalue weighted by atomic mass is 10.0. The van der Waals surface area contributed by atoms with Gasteiger partial charge in [0.2, 0.25) is 0 Å². The lowest BCUT2D eigenvalue weighted by Gasteiger charge is -2.30. The predicted molar refractivity (Wildman–Crippen MR) is 80.8 cm³/mol. The molecule has 0 radical (unpaired) electrons. The maximum Gasteiger partial charge on any atom is 0.137 e. The number of nitrogens with one attached hydrogen (secondary N) is 1. The number of hydrogen-bond acceptors (Lipinski definition) is 4. The second-order valence-electron chi connectivity index (χ2n) is 5.74. The van der Waals surface area contributed by atoms with Crippen molar-refractivity contribution in [2.45, 2.75) is 53.0 Å². The van der Waals surface area contributed by atoms with E-state index in [2.05, 4.69) is 47.9 Å². The molecule has 1 fully saturated rings. The molecule has 1 saturated heterocycles. The predicted octanol–water partition coefficient (Wildman–Crippen LogP) is 3.23. The Morgan fingerprint density at radius 2 is 2.21 bits per heavy atom. The lowest BCUT2D eigenvalue weighted by molar-refractivity contribution is 0.489. The van der Waals surface area contributed by atoms with Gasteiger partial charge in [-0.15, -0.1) is 0 Å². The standard InChI is InChI=1S/C15H26N4/c1-5-8-16-14-12(4)15(18-10-17-14)19-9-6-7-13(19)11(2)3/h10-11,13H,5-9H2,1-4H3,(H,16,17,18). The van der Waals surface area contributed by atoms with E-state index < -0.39 is 0 Å². The molecule has 1 N–H and O–H groups in total. The molecule has 0 aromatic carbocycles. The van der Waals surface area contributed by atoms with E-state index in [0.717, 1.165) is 31.1 Å². The molecule has 2 heterocycles. The molecule has 106 valence electrons. The Morgan fingerprint density at radius 3 is 2.89 bits per heavy atom. The van der Waals surface area contributed by atoms with Gasteiger partial charge in [0, 0.05) is 24.7 Å². The Bertz CT molecular complexity index is 417. The van der Waals surface area contributed by atoms with Gasteiger partial charge in [0.15, 0.2) is 0 Å². The normalized spacial score (nSPS) is 19.2. The third-order valence-corrected chi connectivity index (χ3v) is 3.94. The van der Waals surface area contributed by atoms with E-state index in [4.69, 9.17) is 0 Å². The van der Waals surface area contributed by atoms with Gasteiger partial charge in [-0.3, -0.25) is 0 Å². The zero-order valence-corrected chi connectivity index (χ0v) is 12.6. The van der Waals surface area contributed by atoms with Gasteiger partial charge in [-0.25, -0.2) is 9.97 Å². The summed E-state index contributed by atoms with van der Waals surface area (Å²) in [6.07, 6.45) is 5.34. The van der Waals surface area contributed by atoms with Crippen molar-refractivity contribution in [2.75, 3.05) is 23.3 Å². The lowest BCUT2D eigenvalue weighted by Crippen LogP contribution is -2.34. The van der Waals surface area contributed by atoms with Crippen LogP contribution in [0.15, 0.2) is 6.33 Å². The molecule has 0 saturated carbocycles. The molecule has 1 unspecified atom stereocenters. The topological polar surface area (TPSA) is 41.1 Å². The van der Waals surface area contributed by atoms with Crippen LogP contribution >= 0.6 is 0 Å². The smallest absolute Gasteiger partial charge is 0.137 e. The molecule has 0 bridgehead atoms. The number of nitrogens with zero attached hydrogens (tertiary/aromatic N) is 3. The summed E-state index contributed by atoms with van der Waals surface area (Å²) in [5.74, 6) is 2.77. The van der Waals surface area contributed by atoms with Crippen molar-refractivity contribution >= 4 is 11.6 Å². The zero-order valence-electron chi connectivity index (χ0n) is 12.6. The van der Waals surface area contributed by atoms with Crippen LogP contribution in [0.3, 0.4) is 0 Å². The maximum atomic E-state index is 4.54. The van der Waals surface area contributed by atoms with Crippen molar-refractivity contribution in [1.29, 1.82) is 0 Å². The Labute approximate surface area is 116 Å². The van der Waals surface area contributed by atoms with Crippen LogP contribution in [0.1, 0.15) is 45.6 Å². The second-order valence-corrected chi connectivity index (χ2v) is 5.74. The van der Waals surface area contributed by atoms with Gasteiger partial charge in [-0.05, 0) is 32.1 Å². The van der Waals surface area contributed by atoms with Crippen LogP contribution < -0.4 is 10.2 Å². The molecule has 4 nitrogen and oxygen atoms in total. The monoisotopic (exact) mass is 262 g/mol. The van der Waals surface area contributed by atoms with E-state index in [9.17, 15) is 0 Å². The molecule has 1 aliphatic heterocycles. The van der Waals surface area contributed by atoms with Crippen molar-refractivity contribution in [3.05, 3.63) is 11.9 Å². The quantitative estimate of drug-likeness (QED) is 0.884. The first-order valence-corrected chi connectivity index (χ1v) is 7.47. The molecule has 4 heteroatoms. The first kappa shape index (κ1) is 14.1. The van der Waals surface area contributed by atoms with Crippen LogP contribution in [0.25, 0.3) is 0 Å². The highest BCUT2D eigenvalue weighted by Gasteiger charge is 2.29. The van der Waals surface area contributed by atoms with Crippen molar-refractivity contribution < 1.29 is 0 Å². The fraction of sp³-hybridized carbons (Fsp3) is 0.733. The van der Waals surface area contributed by atoms with Crippen LogP contribution in [0.4, 0.5) is 11.6 Å². The van der Waals surface area contributed by atoms with Crippen LogP contribution in [-0.2, 0) is 0 Å². The van der Waals surface area contributed by atoms with Crippen LogP contribution in [0, 0.1) is 12.8 Å². The van der Waals surface area contributed by atoms with Crippen molar-refractivity contribution in [2.24, 2.45) is 5.92 Å². The fourth-order valence-corrected chi connectivity index (χ4v) is 2.90. The molecule has 2 rings (SSSR count). The summed E-state index contributed by atoms with van der Waals surface area (Å²) >= 11 is 0. The average Bonchev–Trinajstić information content (AvgIpc) is 2.87. The fourth-order valence-electron chi connectivity index (χ4n) is 2.90. The summed E-state index contributed by atoms with van der Waals surface area (Å²) in [5, 5.41) is 3.39. The van der Waals surface area contributed by atoms with Gasteiger partial charge in [0.1, 0.15) is 18.0 Å². The van der Waals surface area contributed by atoms with Crippen LogP contribution in [0.5, 0.6) is 0 Å². The molecule has 0 amide bonds. The Hall–Kier alpha value is -1.32. The van der Waals surface area contributed by atoms with Gasteiger partial charge in [-0.2, -0.15) is 0 Å².